The van der Waals surface area contributed by atoms with Gasteiger partial charge in [0.15, 0.2) is 5.96 Å². The van der Waals surface area contributed by atoms with Gasteiger partial charge in [-0.15, -0.1) is 24.0 Å². The number of carbonyl (C=O) groups is 1. The van der Waals surface area contributed by atoms with Crippen LogP contribution in [0.15, 0.2) is 52.2 Å². The first kappa shape index (κ1) is 23.7. The Hall–Kier alpha value is -2.56. The van der Waals surface area contributed by atoms with E-state index in [1.165, 1.54) is 17.0 Å². The summed E-state index contributed by atoms with van der Waals surface area (Å²) in [5, 5.41) is 7.33. The second-order valence-electron chi connectivity index (χ2n) is 6.89. The third-order valence-corrected chi connectivity index (χ3v) is 4.53. The van der Waals surface area contributed by atoms with Crippen molar-refractivity contribution in [2.45, 2.75) is 12.8 Å². The van der Waals surface area contributed by atoms with Crippen molar-refractivity contribution in [1.29, 1.82) is 0 Å². The number of hydrogen-bond acceptors (Lipinski definition) is 3. The Labute approximate surface area is 192 Å². The van der Waals surface area contributed by atoms with Gasteiger partial charge in [0.1, 0.15) is 18.1 Å². The first-order valence-electron chi connectivity index (χ1n) is 9.53. The van der Waals surface area contributed by atoms with Gasteiger partial charge in [-0.25, -0.2) is 9.38 Å². The highest BCUT2D eigenvalue weighted by Crippen LogP contribution is 2.19. The maximum Gasteiger partial charge on any atom is 0.243 e. The SMILES string of the molecule is CN(C)C(=O)CN=C(NCCc1ccco1)NCCc1c[nH]c2ccc(F)cc12.I. The molecule has 0 aliphatic heterocycles. The van der Waals surface area contributed by atoms with Crippen LogP contribution in [0.2, 0.25) is 0 Å². The fourth-order valence-corrected chi connectivity index (χ4v) is 2.89. The van der Waals surface area contributed by atoms with Crippen molar-refractivity contribution < 1.29 is 13.6 Å². The van der Waals surface area contributed by atoms with E-state index in [9.17, 15) is 9.18 Å². The minimum Gasteiger partial charge on any atom is -0.469 e. The first-order chi connectivity index (χ1) is 14.0. The fourth-order valence-electron chi connectivity index (χ4n) is 2.89. The molecule has 9 heteroatoms. The quantitative estimate of drug-likeness (QED) is 0.239. The molecule has 30 heavy (non-hydrogen) atoms. The monoisotopic (exact) mass is 527 g/mol. The molecule has 0 saturated heterocycles. The molecular weight excluding hydrogens is 500 g/mol. The minimum absolute atomic E-state index is 0. The number of aliphatic imine (C=N–C) groups is 1. The lowest BCUT2D eigenvalue weighted by Crippen LogP contribution is -2.40. The molecule has 0 fully saturated rings. The lowest BCUT2D eigenvalue weighted by Gasteiger charge is -2.13. The summed E-state index contributed by atoms with van der Waals surface area (Å²) in [6.45, 7) is 1.27. The Balaban J connectivity index is 0.00000320. The van der Waals surface area contributed by atoms with Gasteiger partial charge in [-0.3, -0.25) is 4.79 Å². The zero-order valence-corrected chi connectivity index (χ0v) is 19.4. The summed E-state index contributed by atoms with van der Waals surface area (Å²) in [7, 11) is 3.40. The number of likely N-dealkylation sites (N-methyl/N-ethyl adjacent to an activating group) is 1. The molecule has 0 aliphatic carbocycles. The van der Waals surface area contributed by atoms with Gasteiger partial charge >= 0.3 is 0 Å². The molecule has 0 aliphatic rings. The second-order valence-corrected chi connectivity index (χ2v) is 6.89. The van der Waals surface area contributed by atoms with E-state index in [0.717, 1.165) is 22.2 Å². The van der Waals surface area contributed by atoms with Gasteiger partial charge in [0.25, 0.3) is 0 Å². The van der Waals surface area contributed by atoms with E-state index >= 15 is 0 Å². The van der Waals surface area contributed by atoms with Crippen LogP contribution in [0.4, 0.5) is 4.39 Å². The van der Waals surface area contributed by atoms with Crippen LogP contribution in [0.25, 0.3) is 10.9 Å². The van der Waals surface area contributed by atoms with Crippen molar-refractivity contribution >= 4 is 46.7 Å². The minimum atomic E-state index is -0.254. The number of H-pyrrole nitrogens is 1. The molecule has 162 valence electrons. The maximum atomic E-state index is 13.5. The van der Waals surface area contributed by atoms with E-state index in [2.05, 4.69) is 20.6 Å². The third kappa shape index (κ3) is 6.75. The number of amides is 1. The summed E-state index contributed by atoms with van der Waals surface area (Å²) in [6, 6.07) is 8.47. The molecule has 3 rings (SSSR count). The molecule has 3 aromatic rings. The van der Waals surface area contributed by atoms with Crippen LogP contribution in [0.5, 0.6) is 0 Å². The smallest absolute Gasteiger partial charge is 0.243 e. The lowest BCUT2D eigenvalue weighted by molar-refractivity contribution is -0.127. The van der Waals surface area contributed by atoms with Crippen LogP contribution < -0.4 is 10.6 Å². The molecule has 3 N–H and O–H groups in total. The number of aromatic nitrogens is 1. The number of aromatic amines is 1. The van der Waals surface area contributed by atoms with E-state index in [-0.39, 0.29) is 42.2 Å². The van der Waals surface area contributed by atoms with Crippen LogP contribution in [0.3, 0.4) is 0 Å². The molecule has 0 spiro atoms. The summed E-state index contributed by atoms with van der Waals surface area (Å²) in [5.74, 6) is 1.10. The Morgan fingerprint density at radius 2 is 1.97 bits per heavy atom. The Morgan fingerprint density at radius 3 is 2.67 bits per heavy atom. The molecule has 2 heterocycles. The largest absolute Gasteiger partial charge is 0.469 e. The molecule has 2 aromatic heterocycles. The van der Waals surface area contributed by atoms with Crippen LogP contribution >= 0.6 is 24.0 Å². The molecule has 0 saturated carbocycles. The third-order valence-electron chi connectivity index (χ3n) is 4.53. The van der Waals surface area contributed by atoms with Crippen molar-refractivity contribution in [3.05, 3.63) is 59.9 Å². The number of guanidine groups is 1. The average molecular weight is 527 g/mol. The normalized spacial score (nSPS) is 11.2. The summed E-state index contributed by atoms with van der Waals surface area (Å²) >= 11 is 0. The van der Waals surface area contributed by atoms with E-state index < -0.39 is 0 Å². The summed E-state index contributed by atoms with van der Waals surface area (Å²) < 4.78 is 18.9. The van der Waals surface area contributed by atoms with Gasteiger partial charge in [0.05, 0.1) is 6.26 Å². The number of nitrogens with zero attached hydrogens (tertiary/aromatic N) is 2. The van der Waals surface area contributed by atoms with Crippen LogP contribution in [0, 0.1) is 5.82 Å². The number of hydrogen-bond donors (Lipinski definition) is 3. The van der Waals surface area contributed by atoms with Crippen LogP contribution in [-0.4, -0.2) is 55.5 Å². The number of carbonyl (C=O) groups excluding carboxylic acids is 1. The van der Waals surface area contributed by atoms with E-state index in [1.54, 1.807) is 26.4 Å². The van der Waals surface area contributed by atoms with E-state index in [1.807, 2.05) is 18.3 Å². The molecule has 1 amide bonds. The zero-order chi connectivity index (χ0) is 20.6. The molecule has 7 nitrogen and oxygen atoms in total. The molecule has 1 aromatic carbocycles. The predicted octanol–water partition coefficient (Wildman–Crippen LogP) is 2.93. The van der Waals surface area contributed by atoms with Gasteiger partial charge in [0.2, 0.25) is 5.91 Å². The fraction of sp³-hybridized carbons (Fsp3) is 0.333. The number of nitrogens with one attached hydrogen (secondary N) is 3. The van der Waals surface area contributed by atoms with Gasteiger partial charge in [-0.1, -0.05) is 0 Å². The number of furan rings is 1. The van der Waals surface area contributed by atoms with Gasteiger partial charge < -0.3 is 24.9 Å². The van der Waals surface area contributed by atoms with Gasteiger partial charge in [-0.2, -0.15) is 0 Å². The Kier molecular flexibility index (Phi) is 9.15. The molecule has 0 unspecified atom stereocenters. The first-order valence-corrected chi connectivity index (χ1v) is 9.53. The van der Waals surface area contributed by atoms with Crippen molar-refractivity contribution in [2.75, 3.05) is 33.7 Å². The number of rotatable bonds is 8. The molecule has 0 atom stereocenters. The Bertz CT molecular complexity index is 969. The second kappa shape index (κ2) is 11.6. The molecular formula is C21H27FIN5O2. The summed E-state index contributed by atoms with van der Waals surface area (Å²) in [5.41, 5.74) is 1.93. The highest BCUT2D eigenvalue weighted by Gasteiger charge is 2.07. The topological polar surface area (TPSA) is 85.7 Å². The maximum absolute atomic E-state index is 13.5. The van der Waals surface area contributed by atoms with Crippen molar-refractivity contribution in [2.24, 2.45) is 4.99 Å². The van der Waals surface area contributed by atoms with Crippen LogP contribution in [0.1, 0.15) is 11.3 Å². The average Bonchev–Trinajstić information content (AvgIpc) is 3.35. The van der Waals surface area contributed by atoms with Crippen molar-refractivity contribution in [3.63, 3.8) is 0 Å². The molecule has 0 bridgehead atoms. The van der Waals surface area contributed by atoms with E-state index in [4.69, 9.17) is 4.42 Å². The number of fused-ring (bicyclic) bond motifs is 1. The van der Waals surface area contributed by atoms with E-state index in [0.29, 0.717) is 31.9 Å². The number of halogens is 2. The van der Waals surface area contributed by atoms with Crippen molar-refractivity contribution in [1.82, 2.24) is 20.5 Å². The Morgan fingerprint density at radius 1 is 1.20 bits per heavy atom. The standard InChI is InChI=1S/C21H26FN5O2.HI/c1-27(2)20(28)14-26-21(24-10-8-17-4-3-11-29-17)23-9-7-15-13-25-19-6-5-16(22)12-18(15)19;/h3-6,11-13,25H,7-10,14H2,1-2H3,(H2,23,24,26);1H. The zero-order valence-electron chi connectivity index (χ0n) is 17.1. The molecule has 0 radical (unpaired) electrons. The van der Waals surface area contributed by atoms with Gasteiger partial charge in [0, 0.05) is 50.7 Å². The number of benzene rings is 1. The lowest BCUT2D eigenvalue weighted by atomic mass is 10.1. The van der Waals surface area contributed by atoms with Crippen LogP contribution in [-0.2, 0) is 17.6 Å². The summed E-state index contributed by atoms with van der Waals surface area (Å²) in [6.07, 6.45) is 4.92. The highest BCUT2D eigenvalue weighted by molar-refractivity contribution is 14.0. The van der Waals surface area contributed by atoms with Gasteiger partial charge in [-0.05, 0) is 42.3 Å². The predicted molar refractivity (Wildman–Crippen MR) is 127 cm³/mol. The summed E-state index contributed by atoms with van der Waals surface area (Å²) in [4.78, 5) is 20.9. The highest BCUT2D eigenvalue weighted by atomic mass is 127. The van der Waals surface area contributed by atoms with Crippen molar-refractivity contribution in [3.8, 4) is 0 Å².